The summed E-state index contributed by atoms with van der Waals surface area (Å²) in [5, 5.41) is 10.8. The molecule has 2 rings (SSSR count). The van der Waals surface area contributed by atoms with E-state index in [-0.39, 0.29) is 12.5 Å². The van der Waals surface area contributed by atoms with Gasteiger partial charge in [0.05, 0.1) is 18.1 Å². The molecule has 0 aliphatic carbocycles. The van der Waals surface area contributed by atoms with Crippen molar-refractivity contribution in [1.29, 1.82) is 0 Å². The third kappa shape index (κ3) is 3.18. The first kappa shape index (κ1) is 13.3. The Balaban J connectivity index is 2.00. The van der Waals surface area contributed by atoms with Crippen LogP contribution in [0.2, 0.25) is 0 Å². The number of carbonyl (C=O) groups is 1. The number of amides is 1. The molecule has 0 bridgehead atoms. The quantitative estimate of drug-likeness (QED) is 0.822. The van der Waals surface area contributed by atoms with E-state index in [1.807, 2.05) is 7.05 Å². The standard InChI is InChI=1S/C12H18N6O/c1-8(2)4-13-10(19)6-14-11-9-5-17-18(3)12(9)16-7-15-11/h5,7-8H,4,6H2,1-3H3,(H,13,19)(H,14,15,16). The minimum atomic E-state index is -0.0515. The second-order valence-corrected chi connectivity index (χ2v) is 4.78. The van der Waals surface area contributed by atoms with Crippen LogP contribution in [0.5, 0.6) is 0 Å². The maximum Gasteiger partial charge on any atom is 0.239 e. The molecular weight excluding hydrogens is 244 g/mol. The summed E-state index contributed by atoms with van der Waals surface area (Å²) in [6.07, 6.45) is 3.14. The van der Waals surface area contributed by atoms with Crippen molar-refractivity contribution >= 4 is 22.8 Å². The van der Waals surface area contributed by atoms with E-state index in [1.54, 1.807) is 10.9 Å². The largest absolute Gasteiger partial charge is 0.360 e. The number of rotatable bonds is 5. The Kier molecular flexibility index (Phi) is 3.94. The van der Waals surface area contributed by atoms with E-state index < -0.39 is 0 Å². The fourth-order valence-corrected chi connectivity index (χ4v) is 1.65. The number of nitrogens with zero attached hydrogens (tertiary/aromatic N) is 4. The molecule has 2 N–H and O–H groups in total. The Labute approximate surface area is 111 Å². The van der Waals surface area contributed by atoms with Crippen molar-refractivity contribution in [3.63, 3.8) is 0 Å². The third-order valence-electron chi connectivity index (χ3n) is 2.65. The van der Waals surface area contributed by atoms with Crippen LogP contribution < -0.4 is 10.6 Å². The van der Waals surface area contributed by atoms with Crippen molar-refractivity contribution in [1.82, 2.24) is 25.1 Å². The van der Waals surface area contributed by atoms with Gasteiger partial charge < -0.3 is 10.6 Å². The van der Waals surface area contributed by atoms with Gasteiger partial charge in [0.2, 0.25) is 5.91 Å². The lowest BCUT2D eigenvalue weighted by molar-refractivity contribution is -0.119. The summed E-state index contributed by atoms with van der Waals surface area (Å²) in [6, 6.07) is 0. The average Bonchev–Trinajstić information content (AvgIpc) is 2.76. The monoisotopic (exact) mass is 262 g/mol. The molecule has 0 aliphatic heterocycles. The number of hydrogen-bond acceptors (Lipinski definition) is 5. The molecule has 0 aromatic carbocycles. The van der Waals surface area contributed by atoms with E-state index in [4.69, 9.17) is 0 Å². The maximum atomic E-state index is 11.6. The van der Waals surface area contributed by atoms with E-state index in [0.717, 1.165) is 11.0 Å². The van der Waals surface area contributed by atoms with Gasteiger partial charge in [-0.15, -0.1) is 0 Å². The SMILES string of the molecule is CC(C)CNC(=O)CNc1ncnc2c1cnn2C. The number of carbonyl (C=O) groups excluding carboxylic acids is 1. The van der Waals surface area contributed by atoms with Gasteiger partial charge >= 0.3 is 0 Å². The van der Waals surface area contributed by atoms with Gasteiger partial charge in [-0.3, -0.25) is 9.48 Å². The smallest absolute Gasteiger partial charge is 0.239 e. The topological polar surface area (TPSA) is 84.7 Å². The highest BCUT2D eigenvalue weighted by Crippen LogP contribution is 2.17. The van der Waals surface area contributed by atoms with Crippen molar-refractivity contribution in [2.24, 2.45) is 13.0 Å². The fourth-order valence-electron chi connectivity index (χ4n) is 1.65. The average molecular weight is 262 g/mol. The number of nitrogens with one attached hydrogen (secondary N) is 2. The lowest BCUT2D eigenvalue weighted by atomic mass is 10.2. The van der Waals surface area contributed by atoms with Crippen LogP contribution in [-0.2, 0) is 11.8 Å². The van der Waals surface area contributed by atoms with Gasteiger partial charge in [0.15, 0.2) is 5.65 Å². The van der Waals surface area contributed by atoms with Gasteiger partial charge in [0.25, 0.3) is 0 Å². The Morgan fingerprint density at radius 1 is 1.42 bits per heavy atom. The lowest BCUT2D eigenvalue weighted by Crippen LogP contribution is -2.32. The van der Waals surface area contributed by atoms with E-state index >= 15 is 0 Å². The molecule has 7 nitrogen and oxygen atoms in total. The number of aromatic nitrogens is 4. The molecule has 0 aliphatic rings. The zero-order chi connectivity index (χ0) is 13.8. The molecule has 0 saturated carbocycles. The number of hydrogen-bond donors (Lipinski definition) is 2. The molecule has 102 valence electrons. The first-order valence-corrected chi connectivity index (χ1v) is 6.21. The molecule has 1 amide bonds. The Morgan fingerprint density at radius 3 is 2.95 bits per heavy atom. The molecular formula is C12H18N6O. The summed E-state index contributed by atoms with van der Waals surface area (Å²) in [7, 11) is 1.81. The Hall–Kier alpha value is -2.18. The molecule has 0 spiro atoms. The van der Waals surface area contributed by atoms with Crippen LogP contribution in [0.3, 0.4) is 0 Å². The third-order valence-corrected chi connectivity index (χ3v) is 2.65. The molecule has 0 fully saturated rings. The lowest BCUT2D eigenvalue weighted by Gasteiger charge is -2.09. The van der Waals surface area contributed by atoms with Gasteiger partial charge in [-0.2, -0.15) is 5.10 Å². The zero-order valence-electron chi connectivity index (χ0n) is 11.3. The van der Waals surface area contributed by atoms with Crippen LogP contribution in [0, 0.1) is 5.92 Å². The predicted octanol–water partition coefficient (Wildman–Crippen LogP) is 0.547. The van der Waals surface area contributed by atoms with Crippen molar-refractivity contribution < 1.29 is 4.79 Å². The first-order chi connectivity index (χ1) is 9.08. The van der Waals surface area contributed by atoms with Crippen molar-refractivity contribution in [3.05, 3.63) is 12.5 Å². The minimum Gasteiger partial charge on any atom is -0.360 e. The molecule has 2 aromatic rings. The predicted molar refractivity (Wildman–Crippen MR) is 72.6 cm³/mol. The summed E-state index contributed by atoms with van der Waals surface area (Å²) in [5.41, 5.74) is 0.736. The van der Waals surface area contributed by atoms with Crippen molar-refractivity contribution in [3.8, 4) is 0 Å². The van der Waals surface area contributed by atoms with Crippen molar-refractivity contribution in [2.45, 2.75) is 13.8 Å². The molecule has 19 heavy (non-hydrogen) atoms. The van der Waals surface area contributed by atoms with Crippen molar-refractivity contribution in [2.75, 3.05) is 18.4 Å². The summed E-state index contributed by atoms with van der Waals surface area (Å²) in [6.45, 7) is 4.97. The summed E-state index contributed by atoms with van der Waals surface area (Å²) < 4.78 is 1.67. The number of fused-ring (bicyclic) bond motifs is 1. The summed E-state index contributed by atoms with van der Waals surface area (Å²) >= 11 is 0. The van der Waals surface area contributed by atoms with E-state index in [1.165, 1.54) is 6.33 Å². The summed E-state index contributed by atoms with van der Waals surface area (Å²) in [4.78, 5) is 19.9. The van der Waals surface area contributed by atoms with E-state index in [2.05, 4.69) is 39.5 Å². The number of anilines is 1. The highest BCUT2D eigenvalue weighted by molar-refractivity contribution is 5.88. The molecule has 0 unspecified atom stereocenters. The second kappa shape index (κ2) is 5.64. The Morgan fingerprint density at radius 2 is 2.21 bits per heavy atom. The molecule has 0 saturated heterocycles. The summed E-state index contributed by atoms with van der Waals surface area (Å²) in [5.74, 6) is 1.01. The first-order valence-electron chi connectivity index (χ1n) is 6.21. The van der Waals surface area contributed by atoms with Gasteiger partial charge in [0.1, 0.15) is 12.1 Å². The van der Waals surface area contributed by atoms with Crippen LogP contribution >= 0.6 is 0 Å². The van der Waals surface area contributed by atoms with Crippen LogP contribution in [0.25, 0.3) is 11.0 Å². The van der Waals surface area contributed by atoms with E-state index in [0.29, 0.717) is 18.3 Å². The minimum absolute atomic E-state index is 0.0515. The second-order valence-electron chi connectivity index (χ2n) is 4.78. The fraction of sp³-hybridized carbons (Fsp3) is 0.500. The zero-order valence-corrected chi connectivity index (χ0v) is 11.3. The van der Waals surface area contributed by atoms with Crippen LogP contribution in [-0.4, -0.2) is 38.7 Å². The molecule has 2 heterocycles. The highest BCUT2D eigenvalue weighted by atomic mass is 16.1. The number of aryl methyl sites for hydroxylation is 1. The maximum absolute atomic E-state index is 11.6. The Bertz CT molecular complexity index is 577. The van der Waals surface area contributed by atoms with Crippen LogP contribution in [0.1, 0.15) is 13.8 Å². The van der Waals surface area contributed by atoms with Gasteiger partial charge in [-0.1, -0.05) is 13.8 Å². The van der Waals surface area contributed by atoms with E-state index in [9.17, 15) is 4.79 Å². The van der Waals surface area contributed by atoms with Gasteiger partial charge in [0, 0.05) is 13.6 Å². The molecule has 0 atom stereocenters. The van der Waals surface area contributed by atoms with Gasteiger partial charge in [-0.25, -0.2) is 9.97 Å². The van der Waals surface area contributed by atoms with Gasteiger partial charge in [-0.05, 0) is 5.92 Å². The normalized spacial score (nSPS) is 10.9. The molecule has 2 aromatic heterocycles. The molecule has 7 heteroatoms. The highest BCUT2D eigenvalue weighted by Gasteiger charge is 2.09. The van der Waals surface area contributed by atoms with Crippen LogP contribution in [0.15, 0.2) is 12.5 Å². The van der Waals surface area contributed by atoms with Crippen LogP contribution in [0.4, 0.5) is 5.82 Å². The molecule has 0 radical (unpaired) electrons.